The van der Waals surface area contributed by atoms with Gasteiger partial charge in [-0.05, 0) is 30.6 Å². The third-order valence-corrected chi connectivity index (χ3v) is 5.64. The van der Waals surface area contributed by atoms with Gasteiger partial charge in [-0.3, -0.25) is 4.79 Å². The largest absolute Gasteiger partial charge is 0.350 e. The number of hydrogen-bond donors (Lipinski definition) is 1. The van der Waals surface area contributed by atoms with E-state index < -0.39 is 0 Å². The Balaban J connectivity index is 1.97. The minimum atomic E-state index is 0.0213. The molecule has 3 heteroatoms. The molecule has 3 unspecified atom stereocenters. The summed E-state index contributed by atoms with van der Waals surface area (Å²) in [6, 6.07) is 0. The summed E-state index contributed by atoms with van der Waals surface area (Å²) in [5, 5.41) is 4.24. The minimum Gasteiger partial charge on any atom is -0.350 e. The zero-order valence-corrected chi connectivity index (χ0v) is 12.8. The second-order valence-corrected chi connectivity index (χ2v) is 7.41. The molecule has 1 amide bonds. The normalized spacial score (nSPS) is 39.8. The topological polar surface area (TPSA) is 29.1 Å². The molecule has 0 aromatic heterocycles. The predicted octanol–water partition coefficient (Wildman–Crippen LogP) is 3.49. The van der Waals surface area contributed by atoms with Crippen LogP contribution in [0.1, 0.15) is 52.9 Å². The van der Waals surface area contributed by atoms with Crippen molar-refractivity contribution >= 4 is 21.8 Å². The van der Waals surface area contributed by atoms with E-state index in [-0.39, 0.29) is 22.8 Å². The van der Waals surface area contributed by atoms with Gasteiger partial charge < -0.3 is 5.32 Å². The van der Waals surface area contributed by atoms with Gasteiger partial charge in [0.05, 0.1) is 0 Å². The smallest absolute Gasteiger partial charge is 0.224 e. The van der Waals surface area contributed by atoms with E-state index in [4.69, 9.17) is 0 Å². The third-order valence-electron chi connectivity index (χ3n) is 4.57. The fourth-order valence-corrected chi connectivity index (χ4v) is 3.84. The number of halogens is 1. The highest BCUT2D eigenvalue weighted by Crippen LogP contribution is 2.52. The molecular formula is C14H24BrNO. The van der Waals surface area contributed by atoms with E-state index in [1.165, 1.54) is 12.8 Å². The van der Waals surface area contributed by atoms with Crippen molar-refractivity contribution in [2.45, 2.75) is 58.4 Å². The lowest BCUT2D eigenvalue weighted by Crippen LogP contribution is -2.53. The molecule has 0 bridgehead atoms. The van der Waals surface area contributed by atoms with Crippen molar-refractivity contribution in [1.82, 2.24) is 5.32 Å². The van der Waals surface area contributed by atoms with Crippen molar-refractivity contribution in [2.24, 2.45) is 17.3 Å². The van der Waals surface area contributed by atoms with Crippen LogP contribution in [0, 0.1) is 17.3 Å². The Bertz CT molecular complexity index is 315. The van der Waals surface area contributed by atoms with Gasteiger partial charge in [-0.25, -0.2) is 0 Å². The quantitative estimate of drug-likeness (QED) is 0.794. The van der Waals surface area contributed by atoms with E-state index in [0.29, 0.717) is 0 Å². The first-order chi connectivity index (χ1) is 7.88. The van der Waals surface area contributed by atoms with Crippen LogP contribution in [-0.4, -0.2) is 16.8 Å². The SMILES string of the molecule is CC1CCCC(CBr)(NC(=O)C2CC2(C)C)C1. The molecule has 3 atom stereocenters. The molecule has 0 aromatic rings. The lowest BCUT2D eigenvalue weighted by molar-refractivity contribution is -0.125. The molecule has 0 heterocycles. The van der Waals surface area contributed by atoms with Crippen LogP contribution >= 0.6 is 15.9 Å². The minimum absolute atomic E-state index is 0.0213. The predicted molar refractivity (Wildman–Crippen MR) is 74.2 cm³/mol. The van der Waals surface area contributed by atoms with E-state index in [1.807, 2.05) is 0 Å². The van der Waals surface area contributed by atoms with Crippen LogP contribution in [0.2, 0.25) is 0 Å². The average molecular weight is 302 g/mol. The summed E-state index contributed by atoms with van der Waals surface area (Å²) in [6.07, 6.45) is 5.84. The number of hydrogen-bond acceptors (Lipinski definition) is 1. The monoisotopic (exact) mass is 301 g/mol. The van der Waals surface area contributed by atoms with Gasteiger partial charge in [-0.15, -0.1) is 0 Å². The van der Waals surface area contributed by atoms with Crippen LogP contribution in [0.25, 0.3) is 0 Å². The summed E-state index contributed by atoms with van der Waals surface area (Å²) in [4.78, 5) is 12.2. The van der Waals surface area contributed by atoms with Crippen molar-refractivity contribution in [3.63, 3.8) is 0 Å². The molecule has 98 valence electrons. The summed E-state index contributed by atoms with van der Waals surface area (Å²) in [5.41, 5.74) is 0.255. The summed E-state index contributed by atoms with van der Waals surface area (Å²) < 4.78 is 0. The molecule has 0 spiro atoms. The molecule has 0 aliphatic heterocycles. The Morgan fingerprint density at radius 2 is 2.06 bits per heavy atom. The number of rotatable bonds is 3. The number of amides is 1. The molecule has 2 aliphatic rings. The second kappa shape index (κ2) is 4.56. The van der Waals surface area contributed by atoms with Crippen LogP contribution in [0.3, 0.4) is 0 Å². The van der Waals surface area contributed by atoms with E-state index >= 15 is 0 Å². The molecule has 0 radical (unpaired) electrons. The molecule has 0 aromatic carbocycles. The van der Waals surface area contributed by atoms with Crippen molar-refractivity contribution < 1.29 is 4.79 Å². The van der Waals surface area contributed by atoms with Gasteiger partial charge in [0.2, 0.25) is 5.91 Å². The summed E-state index contributed by atoms with van der Waals surface area (Å²) in [6.45, 7) is 6.66. The number of alkyl halides is 1. The van der Waals surface area contributed by atoms with E-state index in [2.05, 4.69) is 42.0 Å². The summed E-state index contributed by atoms with van der Waals surface area (Å²) in [7, 11) is 0. The first kappa shape index (κ1) is 13.4. The fraction of sp³-hybridized carbons (Fsp3) is 0.929. The van der Waals surface area contributed by atoms with Crippen LogP contribution < -0.4 is 5.32 Å². The fourth-order valence-electron chi connectivity index (χ4n) is 3.19. The molecule has 17 heavy (non-hydrogen) atoms. The third kappa shape index (κ3) is 2.86. The Hall–Kier alpha value is -0.0500. The van der Waals surface area contributed by atoms with Crippen LogP contribution in [0.15, 0.2) is 0 Å². The lowest BCUT2D eigenvalue weighted by Gasteiger charge is -2.39. The molecule has 2 aliphatic carbocycles. The van der Waals surface area contributed by atoms with Gasteiger partial charge in [0.25, 0.3) is 0 Å². The maximum Gasteiger partial charge on any atom is 0.224 e. The van der Waals surface area contributed by atoms with Crippen LogP contribution in [0.5, 0.6) is 0 Å². The summed E-state index contributed by atoms with van der Waals surface area (Å²) in [5.74, 6) is 1.26. The zero-order chi connectivity index (χ0) is 12.7. The van der Waals surface area contributed by atoms with Crippen molar-refractivity contribution in [1.29, 1.82) is 0 Å². The van der Waals surface area contributed by atoms with E-state index in [9.17, 15) is 4.79 Å². The maximum absolute atomic E-state index is 12.2. The van der Waals surface area contributed by atoms with Gasteiger partial charge in [0.1, 0.15) is 0 Å². The van der Waals surface area contributed by atoms with Crippen LogP contribution in [-0.2, 0) is 4.79 Å². The Kier molecular flexibility index (Phi) is 3.59. The van der Waals surface area contributed by atoms with E-state index in [1.54, 1.807) is 0 Å². The highest BCUT2D eigenvalue weighted by atomic mass is 79.9. The van der Waals surface area contributed by atoms with Gasteiger partial charge in [0.15, 0.2) is 0 Å². The average Bonchev–Trinajstić information content (AvgIpc) is 2.88. The standard InChI is InChI=1S/C14H24BrNO/c1-10-5-4-6-14(7-10,9-15)16-12(17)11-8-13(11,2)3/h10-11H,4-9H2,1-3H3,(H,16,17). The molecule has 2 fully saturated rings. The van der Waals surface area contributed by atoms with Gasteiger partial charge in [-0.1, -0.05) is 49.5 Å². The highest BCUT2D eigenvalue weighted by Gasteiger charge is 2.52. The zero-order valence-electron chi connectivity index (χ0n) is 11.2. The maximum atomic E-state index is 12.2. The first-order valence-corrected chi connectivity index (χ1v) is 7.89. The van der Waals surface area contributed by atoms with Crippen molar-refractivity contribution in [2.75, 3.05) is 5.33 Å². The molecule has 2 rings (SSSR count). The number of carbonyl (C=O) groups excluding carboxylic acids is 1. The molecule has 2 saturated carbocycles. The van der Waals surface area contributed by atoms with Crippen molar-refractivity contribution in [3.8, 4) is 0 Å². The van der Waals surface area contributed by atoms with Crippen LogP contribution in [0.4, 0.5) is 0 Å². The van der Waals surface area contributed by atoms with Gasteiger partial charge in [0, 0.05) is 16.8 Å². The van der Waals surface area contributed by atoms with Gasteiger partial charge >= 0.3 is 0 Å². The first-order valence-electron chi connectivity index (χ1n) is 6.77. The van der Waals surface area contributed by atoms with E-state index in [0.717, 1.165) is 30.5 Å². The Morgan fingerprint density at radius 1 is 1.41 bits per heavy atom. The molecular weight excluding hydrogens is 278 g/mol. The molecule has 0 saturated heterocycles. The Morgan fingerprint density at radius 3 is 2.53 bits per heavy atom. The van der Waals surface area contributed by atoms with Gasteiger partial charge in [-0.2, -0.15) is 0 Å². The molecule has 2 nitrogen and oxygen atoms in total. The second-order valence-electron chi connectivity index (χ2n) is 6.85. The highest BCUT2D eigenvalue weighted by molar-refractivity contribution is 9.09. The van der Waals surface area contributed by atoms with Crippen molar-refractivity contribution in [3.05, 3.63) is 0 Å². The summed E-state index contributed by atoms with van der Waals surface area (Å²) >= 11 is 3.61. The number of carbonyl (C=O) groups is 1. The lowest BCUT2D eigenvalue weighted by atomic mass is 9.77. The number of nitrogens with one attached hydrogen (secondary N) is 1. The Labute approximate surface area is 113 Å². The molecule has 1 N–H and O–H groups in total.